The average Bonchev–Trinajstić information content (AvgIpc) is 2.32. The maximum absolute atomic E-state index is 11.1. The first kappa shape index (κ1) is 15.0. The van der Waals surface area contributed by atoms with Crippen LogP contribution in [0.2, 0.25) is 0 Å². The Balaban J connectivity index is 2.34. The Morgan fingerprint density at radius 2 is 1.80 bits per heavy atom. The maximum atomic E-state index is 11.1. The van der Waals surface area contributed by atoms with Gasteiger partial charge in [0.1, 0.15) is 0 Å². The van der Waals surface area contributed by atoms with E-state index < -0.39 is 5.97 Å². The van der Waals surface area contributed by atoms with E-state index in [-0.39, 0.29) is 22.7 Å². The molecule has 0 unspecified atom stereocenters. The summed E-state index contributed by atoms with van der Waals surface area (Å²) in [7, 11) is 0. The van der Waals surface area contributed by atoms with Crippen LogP contribution in [0, 0.1) is 10.8 Å². The molecule has 1 fully saturated rings. The second-order valence-electron chi connectivity index (χ2n) is 7.33. The van der Waals surface area contributed by atoms with Gasteiger partial charge in [-0.1, -0.05) is 51.1 Å². The van der Waals surface area contributed by atoms with Gasteiger partial charge in [-0.3, -0.25) is 4.79 Å². The molecule has 2 rings (SSSR count). The number of aliphatic carboxylic acids is 1. The van der Waals surface area contributed by atoms with E-state index in [1.165, 1.54) is 5.56 Å². The smallest absolute Gasteiger partial charge is 0.303 e. The topological polar surface area (TPSA) is 63.3 Å². The van der Waals surface area contributed by atoms with Crippen LogP contribution in [0.3, 0.4) is 0 Å². The predicted molar refractivity (Wildman–Crippen MR) is 80.5 cm³/mol. The predicted octanol–water partition coefficient (Wildman–Crippen LogP) is 3.18. The van der Waals surface area contributed by atoms with Gasteiger partial charge in [0.15, 0.2) is 0 Å². The normalized spacial score (nSPS) is 29.8. The van der Waals surface area contributed by atoms with Crippen molar-refractivity contribution in [3.8, 4) is 0 Å². The van der Waals surface area contributed by atoms with Crippen LogP contribution in [-0.4, -0.2) is 17.6 Å². The van der Waals surface area contributed by atoms with Gasteiger partial charge in [-0.15, -0.1) is 0 Å². The zero-order valence-corrected chi connectivity index (χ0v) is 12.6. The lowest BCUT2D eigenvalue weighted by atomic mass is 9.42. The Hall–Kier alpha value is -1.35. The number of hydrogen-bond acceptors (Lipinski definition) is 2. The van der Waals surface area contributed by atoms with Crippen molar-refractivity contribution in [3.05, 3.63) is 35.9 Å². The van der Waals surface area contributed by atoms with Gasteiger partial charge in [0.25, 0.3) is 0 Å². The lowest BCUT2D eigenvalue weighted by molar-refractivity contribution is -0.145. The van der Waals surface area contributed by atoms with Crippen molar-refractivity contribution in [1.29, 1.82) is 0 Å². The van der Waals surface area contributed by atoms with Crippen LogP contribution in [0.4, 0.5) is 0 Å². The van der Waals surface area contributed by atoms with Gasteiger partial charge in [0.2, 0.25) is 0 Å². The summed E-state index contributed by atoms with van der Waals surface area (Å²) in [6.07, 6.45) is 1.89. The highest BCUT2D eigenvalue weighted by Gasteiger charge is 2.60. The minimum Gasteiger partial charge on any atom is -0.481 e. The molecule has 1 aromatic rings. The molecular weight excluding hydrogens is 250 g/mol. The van der Waals surface area contributed by atoms with Gasteiger partial charge in [-0.05, 0) is 35.8 Å². The van der Waals surface area contributed by atoms with Crippen LogP contribution in [0.5, 0.6) is 0 Å². The van der Waals surface area contributed by atoms with Crippen LogP contribution in [0.25, 0.3) is 0 Å². The van der Waals surface area contributed by atoms with Gasteiger partial charge in [0, 0.05) is 5.41 Å². The lowest BCUT2D eigenvalue weighted by Gasteiger charge is -2.62. The van der Waals surface area contributed by atoms with Crippen molar-refractivity contribution >= 4 is 5.97 Å². The van der Waals surface area contributed by atoms with Crippen molar-refractivity contribution in [1.82, 2.24) is 0 Å². The van der Waals surface area contributed by atoms with E-state index >= 15 is 0 Å². The fraction of sp³-hybridized carbons (Fsp3) is 0.588. The number of carboxylic acids is 1. The van der Waals surface area contributed by atoms with Crippen LogP contribution >= 0.6 is 0 Å². The third-order valence-corrected chi connectivity index (χ3v) is 5.07. The van der Waals surface area contributed by atoms with Crippen molar-refractivity contribution in [2.24, 2.45) is 16.6 Å². The van der Waals surface area contributed by atoms with Crippen LogP contribution < -0.4 is 5.73 Å². The summed E-state index contributed by atoms with van der Waals surface area (Å²) in [6.45, 7) is 7.16. The Kier molecular flexibility index (Phi) is 3.67. The molecule has 1 aliphatic carbocycles. The molecule has 3 nitrogen and oxygen atoms in total. The summed E-state index contributed by atoms with van der Waals surface area (Å²) in [5.41, 5.74) is 7.08. The van der Waals surface area contributed by atoms with Crippen molar-refractivity contribution in [2.45, 2.75) is 45.4 Å². The van der Waals surface area contributed by atoms with Crippen LogP contribution in [0.1, 0.15) is 45.6 Å². The van der Waals surface area contributed by atoms with E-state index in [0.29, 0.717) is 6.54 Å². The minimum absolute atomic E-state index is 0.0308. The quantitative estimate of drug-likeness (QED) is 0.887. The minimum atomic E-state index is -0.744. The molecule has 3 N–H and O–H groups in total. The van der Waals surface area contributed by atoms with Crippen LogP contribution in [0.15, 0.2) is 30.3 Å². The molecule has 0 spiro atoms. The van der Waals surface area contributed by atoms with Crippen LogP contribution in [-0.2, 0) is 10.2 Å². The molecule has 1 aliphatic rings. The molecule has 1 aromatic carbocycles. The third kappa shape index (κ3) is 2.35. The molecule has 3 heteroatoms. The third-order valence-electron chi connectivity index (χ3n) is 5.07. The number of carbonyl (C=O) groups is 1. The molecule has 0 heterocycles. The summed E-state index contributed by atoms with van der Waals surface area (Å²) in [5, 5.41) is 9.13. The molecule has 110 valence electrons. The number of hydrogen-bond donors (Lipinski definition) is 2. The Morgan fingerprint density at radius 1 is 1.25 bits per heavy atom. The molecule has 0 aromatic heterocycles. The highest BCUT2D eigenvalue weighted by atomic mass is 16.4. The van der Waals surface area contributed by atoms with E-state index in [1.54, 1.807) is 0 Å². The fourth-order valence-corrected chi connectivity index (χ4v) is 3.82. The molecule has 0 aliphatic heterocycles. The zero-order valence-electron chi connectivity index (χ0n) is 12.6. The highest BCUT2D eigenvalue weighted by Crippen LogP contribution is 2.64. The molecule has 1 saturated carbocycles. The van der Waals surface area contributed by atoms with Gasteiger partial charge < -0.3 is 10.8 Å². The van der Waals surface area contributed by atoms with Gasteiger partial charge >= 0.3 is 5.97 Å². The highest BCUT2D eigenvalue weighted by molar-refractivity contribution is 5.68. The van der Waals surface area contributed by atoms with E-state index in [2.05, 4.69) is 45.0 Å². The van der Waals surface area contributed by atoms with E-state index in [9.17, 15) is 4.79 Å². The molecule has 0 bridgehead atoms. The first-order chi connectivity index (χ1) is 9.25. The molecule has 0 radical (unpaired) electrons. The second-order valence-corrected chi connectivity index (χ2v) is 7.33. The fourth-order valence-electron chi connectivity index (χ4n) is 3.82. The molecule has 20 heavy (non-hydrogen) atoms. The standard InChI is InChI=1S/C17H25NO2/c1-15(2,3)17(13-7-5-4-6-8-13)10-16(11-17,12-18)9-14(19)20/h4-8H,9-12,18H2,1-3H3,(H,19,20)/t16-,17+. The van der Waals surface area contributed by atoms with E-state index in [0.717, 1.165) is 12.8 Å². The van der Waals surface area contributed by atoms with Gasteiger partial charge in [-0.25, -0.2) is 0 Å². The van der Waals surface area contributed by atoms with E-state index in [1.807, 2.05) is 6.07 Å². The van der Waals surface area contributed by atoms with Crippen molar-refractivity contribution < 1.29 is 9.90 Å². The molecule has 0 amide bonds. The number of nitrogens with two attached hydrogens (primary N) is 1. The summed E-state index contributed by atoms with van der Waals surface area (Å²) >= 11 is 0. The summed E-state index contributed by atoms with van der Waals surface area (Å²) in [6, 6.07) is 10.5. The molecule has 0 atom stereocenters. The number of benzene rings is 1. The SMILES string of the molecule is CC(C)(C)[C@]1(c2ccccc2)C[C@@](CN)(CC(=O)O)C1. The first-order valence-corrected chi connectivity index (χ1v) is 7.22. The summed E-state index contributed by atoms with van der Waals surface area (Å²) in [5.74, 6) is -0.744. The van der Waals surface area contributed by atoms with Gasteiger partial charge in [-0.2, -0.15) is 0 Å². The second kappa shape index (κ2) is 4.88. The van der Waals surface area contributed by atoms with Crippen molar-refractivity contribution in [2.75, 3.05) is 6.54 Å². The zero-order chi connectivity index (χ0) is 15.0. The lowest BCUT2D eigenvalue weighted by Crippen LogP contribution is -2.59. The number of rotatable bonds is 4. The van der Waals surface area contributed by atoms with Crippen molar-refractivity contribution in [3.63, 3.8) is 0 Å². The Labute approximate surface area is 121 Å². The monoisotopic (exact) mass is 275 g/mol. The van der Waals surface area contributed by atoms with Gasteiger partial charge in [0.05, 0.1) is 6.42 Å². The molecular formula is C17H25NO2. The Morgan fingerprint density at radius 3 is 2.20 bits per heavy atom. The van der Waals surface area contributed by atoms with E-state index in [4.69, 9.17) is 10.8 Å². The number of carboxylic acid groups (broad SMARTS) is 1. The summed E-state index contributed by atoms with van der Waals surface area (Å²) < 4.78 is 0. The summed E-state index contributed by atoms with van der Waals surface area (Å²) in [4.78, 5) is 11.1. The Bertz CT molecular complexity index is 481. The largest absolute Gasteiger partial charge is 0.481 e. The maximum Gasteiger partial charge on any atom is 0.303 e. The average molecular weight is 275 g/mol. The molecule has 0 saturated heterocycles. The first-order valence-electron chi connectivity index (χ1n) is 7.22.